The Bertz CT molecular complexity index is 764. The van der Waals surface area contributed by atoms with Crippen LogP contribution in [0.2, 0.25) is 0 Å². The summed E-state index contributed by atoms with van der Waals surface area (Å²) in [7, 11) is 0. The van der Waals surface area contributed by atoms with E-state index in [4.69, 9.17) is 4.74 Å². The summed E-state index contributed by atoms with van der Waals surface area (Å²) in [4.78, 5) is 12.6. The van der Waals surface area contributed by atoms with Gasteiger partial charge in [0.2, 0.25) is 0 Å². The van der Waals surface area contributed by atoms with Crippen molar-refractivity contribution >= 4 is 0 Å². The van der Waals surface area contributed by atoms with Crippen LogP contribution in [-0.4, -0.2) is 24.3 Å². The molecule has 2 aliphatic rings. The van der Waals surface area contributed by atoms with E-state index in [-0.39, 0.29) is 5.56 Å². The van der Waals surface area contributed by atoms with Crippen molar-refractivity contribution in [3.63, 3.8) is 0 Å². The summed E-state index contributed by atoms with van der Waals surface area (Å²) in [5.74, 6) is 1.92. The molecule has 4 nitrogen and oxygen atoms in total. The first kappa shape index (κ1) is 14.5. The summed E-state index contributed by atoms with van der Waals surface area (Å²) < 4.78 is 7.47. The van der Waals surface area contributed by atoms with Crippen LogP contribution in [0.4, 0.5) is 0 Å². The van der Waals surface area contributed by atoms with Crippen molar-refractivity contribution in [3.8, 4) is 16.9 Å². The van der Waals surface area contributed by atoms with Crippen LogP contribution >= 0.6 is 0 Å². The number of pyridine rings is 1. The summed E-state index contributed by atoms with van der Waals surface area (Å²) in [6.45, 7) is 5.49. The zero-order valence-electron chi connectivity index (χ0n) is 13.4. The molecule has 2 aromatic rings. The predicted molar refractivity (Wildman–Crippen MR) is 91.0 cm³/mol. The van der Waals surface area contributed by atoms with E-state index in [1.54, 1.807) is 6.07 Å². The van der Waals surface area contributed by atoms with Crippen LogP contribution in [0.3, 0.4) is 0 Å². The quantitative estimate of drug-likeness (QED) is 0.948. The Hall–Kier alpha value is -2.07. The number of ether oxygens (including phenoxy) is 1. The topological polar surface area (TPSA) is 43.3 Å². The number of fused-ring (bicyclic) bond motifs is 4. The number of hydrogen-bond donors (Lipinski definition) is 1. The Labute approximate surface area is 136 Å². The van der Waals surface area contributed by atoms with Gasteiger partial charge in [-0.25, -0.2) is 0 Å². The van der Waals surface area contributed by atoms with Gasteiger partial charge in [0.1, 0.15) is 5.75 Å². The van der Waals surface area contributed by atoms with Gasteiger partial charge >= 0.3 is 0 Å². The minimum atomic E-state index is 0.128. The van der Waals surface area contributed by atoms with Crippen molar-refractivity contribution in [2.45, 2.75) is 25.8 Å². The zero-order chi connectivity index (χ0) is 15.8. The maximum Gasteiger partial charge on any atom is 0.251 e. The highest BCUT2D eigenvalue weighted by Crippen LogP contribution is 2.33. The van der Waals surface area contributed by atoms with Gasteiger partial charge in [0.15, 0.2) is 0 Å². The first-order valence-electron chi connectivity index (χ1n) is 8.43. The van der Waals surface area contributed by atoms with Crippen LogP contribution in [0, 0.1) is 5.92 Å². The van der Waals surface area contributed by atoms with Crippen LogP contribution in [0.15, 0.2) is 41.2 Å². The third kappa shape index (κ3) is 2.68. The molecule has 4 heteroatoms. The van der Waals surface area contributed by atoms with E-state index >= 15 is 0 Å². The summed E-state index contributed by atoms with van der Waals surface area (Å²) in [6, 6.07) is 12.0. The van der Waals surface area contributed by atoms with Crippen molar-refractivity contribution in [3.05, 3.63) is 52.4 Å². The lowest BCUT2D eigenvalue weighted by atomic mass is 9.83. The molecule has 23 heavy (non-hydrogen) atoms. The van der Waals surface area contributed by atoms with Crippen LogP contribution in [0.25, 0.3) is 11.1 Å². The molecule has 4 rings (SSSR count). The van der Waals surface area contributed by atoms with Gasteiger partial charge in [0.05, 0.1) is 6.61 Å². The maximum absolute atomic E-state index is 12.6. The third-order valence-electron chi connectivity index (χ3n) is 4.96. The van der Waals surface area contributed by atoms with Crippen LogP contribution in [-0.2, 0) is 6.54 Å². The molecule has 3 heterocycles. The van der Waals surface area contributed by atoms with Gasteiger partial charge in [-0.2, -0.15) is 0 Å². The molecule has 2 bridgehead atoms. The first-order chi connectivity index (χ1) is 11.2. The number of benzene rings is 1. The van der Waals surface area contributed by atoms with Crippen molar-refractivity contribution < 1.29 is 4.74 Å². The fourth-order valence-electron chi connectivity index (χ4n) is 3.88. The maximum atomic E-state index is 12.6. The standard InChI is InChI=1S/C19H22N2O2/c1-2-23-17-5-3-14(4-6-17)15-8-18-16-7-13(10-20-11-16)12-21(18)19(22)9-15/h3-6,8-9,13,16,20H,2,7,10-12H2,1H3/t13-,16+/m0/s1. The van der Waals surface area contributed by atoms with E-state index in [9.17, 15) is 4.79 Å². The number of piperidine rings is 1. The third-order valence-corrected chi connectivity index (χ3v) is 4.96. The summed E-state index contributed by atoms with van der Waals surface area (Å²) in [6.07, 6.45) is 1.19. The smallest absolute Gasteiger partial charge is 0.251 e. The number of nitrogens with zero attached hydrogens (tertiary/aromatic N) is 1. The normalized spacial score (nSPS) is 22.5. The second-order valence-electron chi connectivity index (χ2n) is 6.53. The molecule has 2 atom stereocenters. The van der Waals surface area contributed by atoms with Crippen molar-refractivity contribution in [1.29, 1.82) is 0 Å². The molecule has 0 aliphatic carbocycles. The lowest BCUT2D eigenvalue weighted by Crippen LogP contribution is -2.44. The molecule has 0 radical (unpaired) electrons. The largest absolute Gasteiger partial charge is 0.494 e. The van der Waals surface area contributed by atoms with E-state index < -0.39 is 0 Å². The average Bonchev–Trinajstić information content (AvgIpc) is 2.57. The number of aromatic nitrogens is 1. The Kier molecular flexibility index (Phi) is 3.69. The molecular formula is C19H22N2O2. The van der Waals surface area contributed by atoms with Gasteiger partial charge in [-0.15, -0.1) is 0 Å². The minimum Gasteiger partial charge on any atom is -0.494 e. The molecule has 120 valence electrons. The minimum absolute atomic E-state index is 0.128. The Morgan fingerprint density at radius 2 is 2.00 bits per heavy atom. The Morgan fingerprint density at radius 3 is 2.78 bits per heavy atom. The summed E-state index contributed by atoms with van der Waals surface area (Å²) in [5, 5.41) is 3.50. The highest BCUT2D eigenvalue weighted by Gasteiger charge is 2.31. The average molecular weight is 310 g/mol. The first-order valence-corrected chi connectivity index (χ1v) is 8.43. The fourth-order valence-corrected chi connectivity index (χ4v) is 3.88. The molecule has 0 amide bonds. The Balaban J connectivity index is 1.73. The van der Waals surface area contributed by atoms with E-state index in [1.807, 2.05) is 35.8 Å². The van der Waals surface area contributed by atoms with E-state index in [2.05, 4.69) is 11.4 Å². The lowest BCUT2D eigenvalue weighted by Gasteiger charge is -2.37. The molecular weight excluding hydrogens is 288 g/mol. The van der Waals surface area contributed by atoms with E-state index in [1.165, 1.54) is 12.1 Å². The van der Waals surface area contributed by atoms with Gasteiger partial charge in [0.25, 0.3) is 5.56 Å². The fraction of sp³-hybridized carbons (Fsp3) is 0.421. The molecule has 1 aromatic carbocycles. The molecule has 1 fully saturated rings. The van der Waals surface area contributed by atoms with E-state index in [0.717, 1.165) is 36.5 Å². The van der Waals surface area contributed by atoms with Crippen LogP contribution in [0.5, 0.6) is 5.75 Å². The van der Waals surface area contributed by atoms with Gasteiger partial charge in [-0.1, -0.05) is 12.1 Å². The molecule has 1 N–H and O–H groups in total. The lowest BCUT2D eigenvalue weighted by molar-refractivity contribution is 0.257. The summed E-state index contributed by atoms with van der Waals surface area (Å²) >= 11 is 0. The second kappa shape index (κ2) is 5.85. The number of rotatable bonds is 3. The molecule has 1 aromatic heterocycles. The van der Waals surface area contributed by atoms with Crippen molar-refractivity contribution in [1.82, 2.24) is 9.88 Å². The second-order valence-corrected chi connectivity index (χ2v) is 6.53. The summed E-state index contributed by atoms with van der Waals surface area (Å²) in [5.41, 5.74) is 3.39. The molecule has 1 saturated heterocycles. The zero-order valence-corrected chi connectivity index (χ0v) is 13.4. The molecule has 0 unspecified atom stereocenters. The van der Waals surface area contributed by atoms with Crippen molar-refractivity contribution in [2.24, 2.45) is 5.92 Å². The highest BCUT2D eigenvalue weighted by atomic mass is 16.5. The van der Waals surface area contributed by atoms with Gasteiger partial charge < -0.3 is 14.6 Å². The Morgan fingerprint density at radius 1 is 1.17 bits per heavy atom. The highest BCUT2D eigenvalue weighted by molar-refractivity contribution is 5.64. The van der Waals surface area contributed by atoms with Gasteiger partial charge in [-0.05, 0) is 55.1 Å². The SMILES string of the molecule is CCOc1ccc(-c2cc3n(c(=O)c2)C[C@@H]2CNC[C@H]3C2)cc1. The van der Waals surface area contributed by atoms with Crippen LogP contribution < -0.4 is 15.6 Å². The molecule has 0 saturated carbocycles. The van der Waals surface area contributed by atoms with Crippen LogP contribution in [0.1, 0.15) is 25.0 Å². The van der Waals surface area contributed by atoms with Crippen molar-refractivity contribution in [2.75, 3.05) is 19.7 Å². The van der Waals surface area contributed by atoms with Gasteiger partial charge in [0, 0.05) is 30.8 Å². The monoisotopic (exact) mass is 310 g/mol. The number of nitrogens with one attached hydrogen (secondary N) is 1. The molecule has 2 aliphatic heterocycles. The predicted octanol–water partition coefficient (Wildman–Crippen LogP) is 2.62. The van der Waals surface area contributed by atoms with Gasteiger partial charge in [-0.3, -0.25) is 4.79 Å². The van der Waals surface area contributed by atoms with E-state index in [0.29, 0.717) is 18.4 Å². The number of hydrogen-bond acceptors (Lipinski definition) is 3. The molecule has 0 spiro atoms.